The van der Waals surface area contributed by atoms with Gasteiger partial charge in [0.15, 0.2) is 0 Å². The number of nitrogens with two attached hydrogens (primary N) is 2. The predicted molar refractivity (Wildman–Crippen MR) is 81.1 cm³/mol. The molecule has 0 aliphatic heterocycles. The van der Waals surface area contributed by atoms with Gasteiger partial charge in [0.05, 0.1) is 0 Å². The number of hydrogen-bond donors (Lipinski definition) is 2. The second kappa shape index (κ2) is 16.1. The average Bonchev–Trinajstić information content (AvgIpc) is 2.03. The van der Waals surface area contributed by atoms with Gasteiger partial charge in [-0.05, 0) is 0 Å². The maximum absolute atomic E-state index is 9.00. The minimum atomic E-state index is -0.833. The average molecular weight is 366 g/mol. The summed E-state index contributed by atoms with van der Waals surface area (Å²) >= 11 is 18.2. The Bertz CT molecular complexity index is 216. The van der Waals surface area contributed by atoms with Crippen molar-refractivity contribution in [2.75, 3.05) is 28.2 Å². The van der Waals surface area contributed by atoms with Crippen molar-refractivity contribution in [2.24, 2.45) is 11.5 Å². The molecule has 96 valence electrons. The van der Waals surface area contributed by atoms with E-state index in [0.717, 1.165) is 0 Å². The number of nitrogens with zero attached hydrogens (tertiary/aromatic N) is 2. The molecular formula is C7H16N4OS4Zn. The van der Waals surface area contributed by atoms with Crippen molar-refractivity contribution in [1.29, 1.82) is 0 Å². The molecule has 0 atom stereocenters. The van der Waals surface area contributed by atoms with Gasteiger partial charge >= 0.3 is 25.5 Å². The molecule has 0 heterocycles. The van der Waals surface area contributed by atoms with Crippen LogP contribution < -0.4 is 11.5 Å². The van der Waals surface area contributed by atoms with E-state index in [1.807, 2.05) is 28.2 Å². The fourth-order valence-electron chi connectivity index (χ4n) is 0. The van der Waals surface area contributed by atoms with Crippen LogP contribution in [0, 0.1) is 0 Å². The van der Waals surface area contributed by atoms with E-state index in [1.165, 1.54) is 0 Å². The monoisotopic (exact) mass is 364 g/mol. The van der Waals surface area contributed by atoms with Crippen molar-refractivity contribution in [3.63, 3.8) is 0 Å². The third-order valence-corrected chi connectivity index (χ3v) is 2.19. The van der Waals surface area contributed by atoms with E-state index in [0.29, 0.717) is 8.64 Å². The van der Waals surface area contributed by atoms with Gasteiger partial charge in [-0.25, -0.2) is 4.79 Å². The van der Waals surface area contributed by atoms with Gasteiger partial charge in [0, 0.05) is 28.2 Å². The number of carbonyl (C=O) groups is 1. The Morgan fingerprint density at radius 1 is 0.941 bits per heavy atom. The first kappa shape index (κ1) is 25.8. The molecule has 0 aliphatic rings. The number of amides is 2. The first-order chi connectivity index (χ1) is 7.02. The summed E-state index contributed by atoms with van der Waals surface area (Å²) in [5.41, 5.74) is 8.50. The summed E-state index contributed by atoms with van der Waals surface area (Å²) < 4.78 is 1.02. The van der Waals surface area contributed by atoms with Crippen molar-refractivity contribution >= 4 is 64.4 Å². The van der Waals surface area contributed by atoms with Gasteiger partial charge < -0.3 is 71.0 Å². The van der Waals surface area contributed by atoms with Crippen LogP contribution in [0.5, 0.6) is 0 Å². The van der Waals surface area contributed by atoms with Gasteiger partial charge in [0.2, 0.25) is 0 Å². The smallest absolute Gasteiger partial charge is 0.411 e. The maximum atomic E-state index is 9.00. The minimum absolute atomic E-state index is 0. The van der Waals surface area contributed by atoms with Gasteiger partial charge in [-0.15, -0.1) is 0 Å². The van der Waals surface area contributed by atoms with E-state index in [4.69, 9.17) is 4.79 Å². The molecule has 5 nitrogen and oxygen atoms in total. The fourth-order valence-corrected chi connectivity index (χ4v) is 0. The third kappa shape index (κ3) is 48.8. The molecule has 0 rings (SSSR count). The number of rotatable bonds is 0. The standard InChI is InChI=1S/2C3H7NS2.CH4N2O.Zn/c2*1-4(2)3(5)6;2-1(3)4;/h2*1-2H3,(H,5,6);(H4,2,3,4);/q;;;+2/p-2. The van der Waals surface area contributed by atoms with Crippen LogP contribution in [0.4, 0.5) is 4.79 Å². The number of primary amides is 2. The molecule has 0 saturated heterocycles. The summed E-state index contributed by atoms with van der Waals surface area (Å²) in [6, 6.07) is -0.833. The van der Waals surface area contributed by atoms with Crippen LogP contribution in [0.1, 0.15) is 0 Å². The van der Waals surface area contributed by atoms with E-state index in [2.05, 4.69) is 61.2 Å². The SMILES string of the molecule is CN(C)C(=S)[S-].CN(C)C(=S)[S-].NC(N)=O.[Zn+2]. The Hall–Kier alpha value is 0.113. The van der Waals surface area contributed by atoms with E-state index in [9.17, 15) is 0 Å². The van der Waals surface area contributed by atoms with Crippen LogP contribution >= 0.6 is 24.4 Å². The Labute approximate surface area is 137 Å². The van der Waals surface area contributed by atoms with Crippen molar-refractivity contribution in [3.8, 4) is 0 Å². The van der Waals surface area contributed by atoms with E-state index in [1.54, 1.807) is 9.80 Å². The molecule has 0 bridgehead atoms. The zero-order chi connectivity index (χ0) is 13.9. The molecule has 0 saturated carbocycles. The van der Waals surface area contributed by atoms with Crippen molar-refractivity contribution in [1.82, 2.24) is 9.80 Å². The van der Waals surface area contributed by atoms with Crippen LogP contribution in [0.25, 0.3) is 0 Å². The molecule has 0 radical (unpaired) electrons. The first-order valence-electron chi connectivity index (χ1n) is 3.83. The second-order valence-electron chi connectivity index (χ2n) is 2.72. The predicted octanol–water partition coefficient (Wildman–Crippen LogP) is -0.219. The van der Waals surface area contributed by atoms with Crippen molar-refractivity contribution in [3.05, 3.63) is 0 Å². The normalized spacial score (nSPS) is 6.82. The Kier molecular flexibility index (Phi) is 24.5. The Morgan fingerprint density at radius 2 is 1.00 bits per heavy atom. The van der Waals surface area contributed by atoms with Gasteiger partial charge in [0.25, 0.3) is 0 Å². The molecule has 0 aromatic heterocycles. The molecule has 0 spiro atoms. The van der Waals surface area contributed by atoms with Crippen molar-refractivity contribution in [2.45, 2.75) is 0 Å². The maximum Gasteiger partial charge on any atom is 2.00 e. The number of thiocarbonyl (C=S) groups is 2. The van der Waals surface area contributed by atoms with Crippen LogP contribution in [-0.4, -0.2) is 52.7 Å². The zero-order valence-corrected chi connectivity index (χ0v) is 16.5. The van der Waals surface area contributed by atoms with E-state index < -0.39 is 6.03 Å². The van der Waals surface area contributed by atoms with Crippen LogP contribution in [0.3, 0.4) is 0 Å². The Balaban J connectivity index is -0.0000000741. The summed E-state index contributed by atoms with van der Waals surface area (Å²) in [5, 5.41) is 0. The summed E-state index contributed by atoms with van der Waals surface area (Å²) in [4.78, 5) is 12.4. The topological polar surface area (TPSA) is 75.6 Å². The molecule has 0 aromatic carbocycles. The molecule has 10 heteroatoms. The summed E-state index contributed by atoms with van der Waals surface area (Å²) in [7, 11) is 7.31. The number of hydrogen-bond acceptors (Lipinski definition) is 5. The van der Waals surface area contributed by atoms with Gasteiger partial charge in [-0.1, -0.05) is 8.64 Å². The van der Waals surface area contributed by atoms with E-state index in [-0.39, 0.29) is 19.5 Å². The third-order valence-electron chi connectivity index (χ3n) is 0.730. The minimum Gasteiger partial charge on any atom is -0.411 e. The van der Waals surface area contributed by atoms with E-state index >= 15 is 0 Å². The molecule has 0 unspecified atom stereocenters. The molecule has 4 N–H and O–H groups in total. The zero-order valence-electron chi connectivity index (χ0n) is 10.3. The second-order valence-corrected chi connectivity index (χ2v) is 4.79. The molecule has 0 aliphatic carbocycles. The Morgan fingerprint density at radius 3 is 1.00 bits per heavy atom. The molecule has 17 heavy (non-hydrogen) atoms. The molecule has 2 amide bonds. The van der Waals surface area contributed by atoms with Crippen molar-refractivity contribution < 1.29 is 24.3 Å². The van der Waals surface area contributed by atoms with Crippen LogP contribution in [0.15, 0.2) is 0 Å². The fraction of sp³-hybridized carbons (Fsp3) is 0.571. The molecular weight excluding hydrogens is 350 g/mol. The quantitative estimate of drug-likeness (QED) is 0.349. The van der Waals surface area contributed by atoms with Gasteiger partial charge in [0.1, 0.15) is 0 Å². The molecule has 0 aromatic rings. The van der Waals surface area contributed by atoms with Crippen LogP contribution in [-0.2, 0) is 44.7 Å². The summed E-state index contributed by atoms with van der Waals surface area (Å²) in [5.74, 6) is 0. The summed E-state index contributed by atoms with van der Waals surface area (Å²) in [6.45, 7) is 0. The number of urea groups is 1. The van der Waals surface area contributed by atoms with Gasteiger partial charge in [-0.3, -0.25) is 0 Å². The molecule has 0 fully saturated rings. The number of carbonyl (C=O) groups excluding carboxylic acids is 1. The largest absolute Gasteiger partial charge is 2.00 e. The summed E-state index contributed by atoms with van der Waals surface area (Å²) in [6.07, 6.45) is 0. The first-order valence-corrected chi connectivity index (χ1v) is 5.47. The van der Waals surface area contributed by atoms with Gasteiger partial charge in [-0.2, -0.15) is 0 Å². The van der Waals surface area contributed by atoms with Crippen LogP contribution in [0.2, 0.25) is 0 Å².